The highest BCUT2D eigenvalue weighted by atomic mass is 16.4. The van der Waals surface area contributed by atoms with Crippen LogP contribution in [0.2, 0.25) is 0 Å². The fourth-order valence-electron chi connectivity index (χ4n) is 2.15. The molecule has 0 saturated heterocycles. The van der Waals surface area contributed by atoms with E-state index in [4.69, 9.17) is 5.11 Å². The molecule has 1 fully saturated rings. The summed E-state index contributed by atoms with van der Waals surface area (Å²) >= 11 is 0. The van der Waals surface area contributed by atoms with Crippen LogP contribution in [0.1, 0.15) is 39.0 Å². The summed E-state index contributed by atoms with van der Waals surface area (Å²) < 4.78 is 0. The molecule has 0 aliphatic heterocycles. The van der Waals surface area contributed by atoms with Crippen molar-refractivity contribution in [2.24, 2.45) is 0 Å². The molecule has 0 spiro atoms. The minimum absolute atomic E-state index is 0.175. The van der Waals surface area contributed by atoms with Gasteiger partial charge in [-0.3, -0.25) is 4.79 Å². The molecule has 0 aromatic carbocycles. The summed E-state index contributed by atoms with van der Waals surface area (Å²) in [7, 11) is 1.40. The zero-order valence-electron chi connectivity index (χ0n) is 12.0. The van der Waals surface area contributed by atoms with Crippen molar-refractivity contribution in [2.75, 3.05) is 13.6 Å². The maximum atomic E-state index is 11.7. The fraction of sp³-hybridized carbons (Fsp3) is 0.769. The molecule has 114 valence electrons. The molecule has 7 heteroatoms. The summed E-state index contributed by atoms with van der Waals surface area (Å²) in [4.78, 5) is 35.2. The molecule has 0 aromatic rings. The molecule has 1 aliphatic rings. The first-order chi connectivity index (χ1) is 9.41. The number of likely N-dealkylation sites (N-methyl/N-ethyl adjacent to an activating group) is 1. The molecule has 20 heavy (non-hydrogen) atoms. The van der Waals surface area contributed by atoms with Crippen LogP contribution in [0.4, 0.5) is 4.79 Å². The van der Waals surface area contributed by atoms with E-state index in [1.54, 1.807) is 0 Å². The van der Waals surface area contributed by atoms with E-state index in [9.17, 15) is 14.4 Å². The third-order valence-electron chi connectivity index (χ3n) is 3.67. The van der Waals surface area contributed by atoms with Crippen molar-refractivity contribution in [1.82, 2.24) is 15.5 Å². The van der Waals surface area contributed by atoms with E-state index >= 15 is 0 Å². The highest BCUT2D eigenvalue weighted by molar-refractivity contribution is 5.87. The Balaban J connectivity index is 2.29. The largest absolute Gasteiger partial charge is 0.480 e. The minimum Gasteiger partial charge on any atom is -0.480 e. The normalized spacial score (nSPS) is 17.1. The number of rotatable bonds is 5. The van der Waals surface area contributed by atoms with Crippen LogP contribution in [-0.4, -0.2) is 53.6 Å². The third kappa shape index (κ3) is 5.07. The second-order valence-corrected chi connectivity index (χ2v) is 5.18. The summed E-state index contributed by atoms with van der Waals surface area (Å²) in [5, 5.41) is 14.1. The van der Waals surface area contributed by atoms with Gasteiger partial charge in [-0.2, -0.15) is 0 Å². The number of carbonyl (C=O) groups excluding carboxylic acids is 2. The Morgan fingerprint density at radius 2 is 1.85 bits per heavy atom. The van der Waals surface area contributed by atoms with E-state index in [0.717, 1.165) is 30.6 Å². The predicted octanol–water partition coefficient (Wildman–Crippen LogP) is 0.550. The van der Waals surface area contributed by atoms with Gasteiger partial charge < -0.3 is 20.6 Å². The number of hydrogen-bond acceptors (Lipinski definition) is 3. The number of hydrogen-bond donors (Lipinski definition) is 3. The summed E-state index contributed by atoms with van der Waals surface area (Å²) in [6.45, 7) is 1.22. The second-order valence-electron chi connectivity index (χ2n) is 5.18. The van der Waals surface area contributed by atoms with Crippen LogP contribution in [0.5, 0.6) is 0 Å². The highest BCUT2D eigenvalue weighted by Crippen LogP contribution is 2.17. The first-order valence-corrected chi connectivity index (χ1v) is 6.94. The van der Waals surface area contributed by atoms with E-state index in [1.807, 2.05) is 0 Å². The van der Waals surface area contributed by atoms with Crippen molar-refractivity contribution in [3.63, 3.8) is 0 Å². The van der Waals surface area contributed by atoms with Crippen LogP contribution in [0, 0.1) is 0 Å². The standard InChI is InChI=1S/C13H23N3O4/c1-9(12(18)19)16(2)11(17)8-14-13(20)15-10-6-4-3-5-7-10/h9-10H,3-8H2,1-2H3,(H,18,19)(H2,14,15,20). The van der Waals surface area contributed by atoms with Crippen LogP contribution in [0.15, 0.2) is 0 Å². The zero-order valence-corrected chi connectivity index (χ0v) is 12.0. The number of carboxylic acid groups (broad SMARTS) is 1. The molecular formula is C13H23N3O4. The Kier molecular flexibility index (Phi) is 6.27. The minimum atomic E-state index is -1.08. The summed E-state index contributed by atoms with van der Waals surface area (Å²) in [5.41, 5.74) is 0. The van der Waals surface area contributed by atoms with Gasteiger partial charge >= 0.3 is 12.0 Å². The summed E-state index contributed by atoms with van der Waals surface area (Å²) in [6.07, 6.45) is 5.37. The number of nitrogens with zero attached hydrogens (tertiary/aromatic N) is 1. The average Bonchev–Trinajstić information content (AvgIpc) is 2.44. The molecule has 0 heterocycles. The van der Waals surface area contributed by atoms with Crippen molar-refractivity contribution in [2.45, 2.75) is 51.1 Å². The first kappa shape index (κ1) is 16.3. The molecule has 3 amide bonds. The lowest BCUT2D eigenvalue weighted by Gasteiger charge is -2.24. The van der Waals surface area contributed by atoms with Gasteiger partial charge in [0.2, 0.25) is 5.91 Å². The van der Waals surface area contributed by atoms with Crippen molar-refractivity contribution in [1.29, 1.82) is 0 Å². The maximum Gasteiger partial charge on any atom is 0.326 e. The number of carboxylic acids is 1. The number of urea groups is 1. The molecule has 0 aromatic heterocycles. The van der Waals surface area contributed by atoms with Gasteiger partial charge in [0.1, 0.15) is 6.04 Å². The monoisotopic (exact) mass is 285 g/mol. The van der Waals surface area contributed by atoms with E-state index in [-0.39, 0.29) is 18.6 Å². The number of amides is 3. The lowest BCUT2D eigenvalue weighted by Crippen LogP contribution is -2.49. The van der Waals surface area contributed by atoms with Crippen molar-refractivity contribution < 1.29 is 19.5 Å². The lowest BCUT2D eigenvalue weighted by molar-refractivity contribution is -0.147. The quantitative estimate of drug-likeness (QED) is 0.687. The molecule has 7 nitrogen and oxygen atoms in total. The molecule has 0 radical (unpaired) electrons. The Morgan fingerprint density at radius 3 is 2.40 bits per heavy atom. The van der Waals surface area contributed by atoms with Crippen LogP contribution in [0.25, 0.3) is 0 Å². The molecule has 1 aliphatic carbocycles. The van der Waals surface area contributed by atoms with Gasteiger partial charge in [-0.05, 0) is 19.8 Å². The van der Waals surface area contributed by atoms with Gasteiger partial charge in [-0.1, -0.05) is 19.3 Å². The van der Waals surface area contributed by atoms with Gasteiger partial charge in [0.15, 0.2) is 0 Å². The topological polar surface area (TPSA) is 98.7 Å². The summed E-state index contributed by atoms with van der Waals surface area (Å²) in [5.74, 6) is -1.51. The van der Waals surface area contributed by atoms with Gasteiger partial charge in [0.05, 0.1) is 6.54 Å². The van der Waals surface area contributed by atoms with Crippen molar-refractivity contribution in [3.05, 3.63) is 0 Å². The maximum absolute atomic E-state index is 11.7. The Hall–Kier alpha value is -1.79. The molecule has 1 rings (SSSR count). The number of nitrogens with one attached hydrogen (secondary N) is 2. The van der Waals surface area contributed by atoms with Gasteiger partial charge in [-0.15, -0.1) is 0 Å². The van der Waals surface area contributed by atoms with Gasteiger partial charge in [0, 0.05) is 13.1 Å². The van der Waals surface area contributed by atoms with Crippen LogP contribution in [-0.2, 0) is 9.59 Å². The SMILES string of the molecule is CC(C(=O)O)N(C)C(=O)CNC(=O)NC1CCCCC1. The number of aliphatic carboxylic acids is 1. The molecule has 1 saturated carbocycles. The zero-order chi connectivity index (χ0) is 15.1. The molecule has 3 N–H and O–H groups in total. The van der Waals surface area contributed by atoms with E-state index in [2.05, 4.69) is 10.6 Å². The first-order valence-electron chi connectivity index (χ1n) is 6.94. The average molecular weight is 285 g/mol. The van der Waals surface area contributed by atoms with E-state index in [0.29, 0.717) is 0 Å². The molecule has 1 atom stereocenters. The van der Waals surface area contributed by atoms with E-state index < -0.39 is 17.9 Å². The number of carbonyl (C=O) groups is 3. The molecule has 0 bridgehead atoms. The van der Waals surface area contributed by atoms with Gasteiger partial charge in [0.25, 0.3) is 0 Å². The molecule has 1 unspecified atom stereocenters. The van der Waals surface area contributed by atoms with E-state index in [1.165, 1.54) is 20.4 Å². The smallest absolute Gasteiger partial charge is 0.326 e. The Bertz CT molecular complexity index is 367. The summed E-state index contributed by atoms with van der Waals surface area (Å²) in [6, 6.07) is -1.11. The predicted molar refractivity (Wildman–Crippen MR) is 73.3 cm³/mol. The van der Waals surface area contributed by atoms with Crippen LogP contribution >= 0.6 is 0 Å². The van der Waals surface area contributed by atoms with Gasteiger partial charge in [-0.25, -0.2) is 9.59 Å². The second kappa shape index (κ2) is 7.72. The molecular weight excluding hydrogens is 262 g/mol. The lowest BCUT2D eigenvalue weighted by atomic mass is 9.96. The van der Waals surface area contributed by atoms with Crippen molar-refractivity contribution in [3.8, 4) is 0 Å². The Morgan fingerprint density at radius 1 is 1.25 bits per heavy atom. The van der Waals surface area contributed by atoms with Crippen LogP contribution in [0.3, 0.4) is 0 Å². The highest BCUT2D eigenvalue weighted by Gasteiger charge is 2.22. The fourth-order valence-corrected chi connectivity index (χ4v) is 2.15. The third-order valence-corrected chi connectivity index (χ3v) is 3.67. The van der Waals surface area contributed by atoms with Crippen molar-refractivity contribution >= 4 is 17.9 Å². The van der Waals surface area contributed by atoms with Crippen LogP contribution < -0.4 is 10.6 Å². The Labute approximate surface area is 118 Å².